The van der Waals surface area contributed by atoms with Gasteiger partial charge in [-0.3, -0.25) is 9.59 Å². The predicted molar refractivity (Wildman–Crippen MR) is 129 cm³/mol. The number of ether oxygens (including phenoxy) is 2. The molecule has 180 valence electrons. The molecule has 0 aromatic heterocycles. The summed E-state index contributed by atoms with van der Waals surface area (Å²) in [4.78, 5) is 25.3. The van der Waals surface area contributed by atoms with Crippen molar-refractivity contribution >= 4 is 52.7 Å². The molecule has 4 aliphatic rings. The van der Waals surface area contributed by atoms with Crippen LogP contribution >= 0.6 is 35.1 Å². The summed E-state index contributed by atoms with van der Waals surface area (Å²) in [6, 6.07) is 9.34. The average Bonchev–Trinajstić information content (AvgIpc) is 2.76. The number of hydrogen-bond acceptors (Lipinski definition) is 6. The Labute approximate surface area is 210 Å². The van der Waals surface area contributed by atoms with Crippen molar-refractivity contribution in [3.05, 3.63) is 52.3 Å². The molecular weight excluding hydrogens is 504 g/mol. The van der Waals surface area contributed by atoms with Crippen molar-refractivity contribution in [2.24, 2.45) is 0 Å². The van der Waals surface area contributed by atoms with Crippen molar-refractivity contribution in [2.45, 2.75) is 36.4 Å². The molecule has 6 rings (SSSR count). The van der Waals surface area contributed by atoms with E-state index >= 15 is 0 Å². The first-order valence-corrected chi connectivity index (χ1v) is 12.6. The van der Waals surface area contributed by atoms with E-state index in [4.69, 9.17) is 32.7 Å². The van der Waals surface area contributed by atoms with Gasteiger partial charge in [-0.05, 0) is 49.6 Å². The summed E-state index contributed by atoms with van der Waals surface area (Å²) in [5, 5.41) is 6.70. The minimum atomic E-state index is -0.645. The van der Waals surface area contributed by atoms with Crippen LogP contribution in [0.15, 0.2) is 36.4 Å². The zero-order chi connectivity index (χ0) is 24.1. The lowest BCUT2D eigenvalue weighted by molar-refractivity contribution is -0.153. The van der Waals surface area contributed by atoms with Crippen molar-refractivity contribution in [3.63, 3.8) is 0 Å². The molecule has 2 amide bonds. The molecule has 3 saturated carbocycles. The maximum absolute atomic E-state index is 13.5. The Morgan fingerprint density at radius 1 is 1.18 bits per heavy atom. The van der Waals surface area contributed by atoms with Gasteiger partial charge < -0.3 is 24.4 Å². The largest absolute Gasteiger partial charge is 0.484 e. The van der Waals surface area contributed by atoms with E-state index in [9.17, 15) is 14.0 Å². The van der Waals surface area contributed by atoms with E-state index in [2.05, 4.69) is 10.6 Å². The standard InChI is InChI=1S/C23H22Cl2FN3O4S/c1-34-29-8-19(33-18-5-2-13(24)6-17(18)29)21(31)28-23-10-22(11-23,12-23)27-20(30)9-32-14-3-4-15(25)16(26)7-14/h2-7,19H,8-12H2,1H3,(H,27,30)(H,28,31). The monoisotopic (exact) mass is 525 g/mol. The normalized spacial score (nSPS) is 26.4. The molecule has 3 aliphatic carbocycles. The van der Waals surface area contributed by atoms with Crippen LogP contribution in [0.5, 0.6) is 11.5 Å². The number of rotatable bonds is 7. The molecule has 0 radical (unpaired) electrons. The van der Waals surface area contributed by atoms with Crippen LogP contribution in [0.2, 0.25) is 10.0 Å². The van der Waals surface area contributed by atoms with Crippen LogP contribution < -0.4 is 24.4 Å². The number of nitrogens with zero attached hydrogens (tertiary/aromatic N) is 1. The molecule has 1 unspecified atom stereocenters. The lowest BCUT2D eigenvalue weighted by Gasteiger charge is -2.70. The highest BCUT2D eigenvalue weighted by molar-refractivity contribution is 8.00. The van der Waals surface area contributed by atoms with Crippen LogP contribution in [-0.2, 0) is 9.59 Å². The minimum Gasteiger partial charge on any atom is -0.484 e. The van der Waals surface area contributed by atoms with Crippen molar-refractivity contribution in [3.8, 4) is 11.5 Å². The summed E-state index contributed by atoms with van der Waals surface area (Å²) in [6.07, 6.45) is 3.24. The van der Waals surface area contributed by atoms with Crippen molar-refractivity contribution < 1.29 is 23.5 Å². The number of benzene rings is 2. The molecule has 0 saturated heterocycles. The highest BCUT2D eigenvalue weighted by atomic mass is 35.5. The van der Waals surface area contributed by atoms with Crippen molar-refractivity contribution in [1.29, 1.82) is 0 Å². The van der Waals surface area contributed by atoms with E-state index in [-0.39, 0.29) is 40.3 Å². The van der Waals surface area contributed by atoms with Crippen LogP contribution in [0.3, 0.4) is 0 Å². The smallest absolute Gasteiger partial charge is 0.263 e. The number of halogens is 3. The first-order valence-electron chi connectivity index (χ1n) is 10.7. The van der Waals surface area contributed by atoms with Gasteiger partial charge in [-0.1, -0.05) is 35.1 Å². The molecule has 7 nitrogen and oxygen atoms in total. The van der Waals surface area contributed by atoms with Crippen molar-refractivity contribution in [2.75, 3.05) is 23.7 Å². The number of fused-ring (bicyclic) bond motifs is 1. The Morgan fingerprint density at radius 3 is 2.62 bits per heavy atom. The summed E-state index contributed by atoms with van der Waals surface area (Å²) in [6.45, 7) is 0.174. The second-order valence-corrected chi connectivity index (χ2v) is 10.6. The SMILES string of the molecule is CSN1CC(C(=O)NC23CC(NC(=O)COc4ccc(Cl)c(F)c4)(C2)C3)Oc2ccc(Cl)cc21. The molecule has 2 N–H and O–H groups in total. The molecule has 2 bridgehead atoms. The molecule has 1 aliphatic heterocycles. The fourth-order valence-electron chi connectivity index (χ4n) is 4.98. The van der Waals surface area contributed by atoms with Crippen molar-refractivity contribution in [1.82, 2.24) is 10.6 Å². The quantitative estimate of drug-likeness (QED) is 0.532. The molecule has 11 heteroatoms. The van der Waals surface area contributed by atoms with Crippen LogP contribution in [0.1, 0.15) is 19.3 Å². The number of hydrogen-bond donors (Lipinski definition) is 2. The maximum Gasteiger partial charge on any atom is 0.263 e. The van der Waals surface area contributed by atoms with Gasteiger partial charge in [0.2, 0.25) is 0 Å². The van der Waals surface area contributed by atoms with Gasteiger partial charge in [0.25, 0.3) is 11.8 Å². The van der Waals surface area contributed by atoms with E-state index < -0.39 is 11.9 Å². The topological polar surface area (TPSA) is 79.9 Å². The van der Waals surface area contributed by atoms with E-state index in [0.29, 0.717) is 36.6 Å². The second kappa shape index (κ2) is 8.70. The number of carbonyl (C=O) groups is 2. The fourth-order valence-corrected chi connectivity index (χ4v) is 5.88. The summed E-state index contributed by atoms with van der Waals surface area (Å²) in [5.74, 6) is -0.226. The van der Waals surface area contributed by atoms with Gasteiger partial charge in [-0.15, -0.1) is 0 Å². The Kier molecular flexibility index (Phi) is 5.98. The van der Waals surface area contributed by atoms with Gasteiger partial charge >= 0.3 is 0 Å². The van der Waals surface area contributed by atoms with Crippen LogP contribution in [0.25, 0.3) is 0 Å². The van der Waals surface area contributed by atoms with Gasteiger partial charge in [0.1, 0.15) is 17.3 Å². The minimum absolute atomic E-state index is 0.00796. The third kappa shape index (κ3) is 4.36. The summed E-state index contributed by atoms with van der Waals surface area (Å²) in [5.41, 5.74) is 0.194. The molecule has 34 heavy (non-hydrogen) atoms. The van der Waals surface area contributed by atoms with E-state index in [1.807, 2.05) is 16.6 Å². The van der Waals surface area contributed by atoms with E-state index in [1.165, 1.54) is 24.1 Å². The highest BCUT2D eigenvalue weighted by Gasteiger charge is 2.69. The first-order chi connectivity index (χ1) is 16.2. The Bertz CT molecular complexity index is 1150. The zero-order valence-corrected chi connectivity index (χ0v) is 20.5. The summed E-state index contributed by atoms with van der Waals surface area (Å²) >= 11 is 13.3. The number of amides is 2. The van der Waals surface area contributed by atoms with Gasteiger partial charge in [0.05, 0.1) is 17.3 Å². The summed E-state index contributed by atoms with van der Waals surface area (Å²) in [7, 11) is 0. The molecule has 1 atom stereocenters. The van der Waals surface area contributed by atoms with E-state index in [0.717, 1.165) is 11.8 Å². The third-order valence-corrected chi connectivity index (χ3v) is 7.72. The number of anilines is 1. The second-order valence-electron chi connectivity index (χ2n) is 8.96. The zero-order valence-electron chi connectivity index (χ0n) is 18.2. The van der Waals surface area contributed by atoms with Crippen LogP contribution in [0, 0.1) is 5.82 Å². The van der Waals surface area contributed by atoms with Gasteiger partial charge in [0, 0.05) is 28.4 Å². The molecule has 2 aromatic carbocycles. The Morgan fingerprint density at radius 2 is 1.91 bits per heavy atom. The Balaban J connectivity index is 1.11. The lowest BCUT2D eigenvalue weighted by atomic mass is 9.44. The van der Waals surface area contributed by atoms with Crippen LogP contribution in [0.4, 0.5) is 10.1 Å². The molecule has 0 spiro atoms. The Hall–Kier alpha value is -2.36. The third-order valence-electron chi connectivity index (χ3n) is 6.39. The number of nitrogens with one attached hydrogen (secondary N) is 2. The van der Waals surface area contributed by atoms with Gasteiger partial charge in [-0.2, -0.15) is 0 Å². The molecule has 2 aromatic rings. The maximum atomic E-state index is 13.5. The average molecular weight is 526 g/mol. The first kappa shape index (κ1) is 23.4. The molecular formula is C23H22Cl2FN3O4S. The summed E-state index contributed by atoms with van der Waals surface area (Å²) < 4.78 is 26.8. The van der Waals surface area contributed by atoms with E-state index in [1.54, 1.807) is 12.1 Å². The molecule has 1 heterocycles. The number of carbonyl (C=O) groups excluding carboxylic acids is 2. The van der Waals surface area contributed by atoms with Gasteiger partial charge in [0.15, 0.2) is 12.7 Å². The molecule has 3 fully saturated rings. The van der Waals surface area contributed by atoms with Gasteiger partial charge in [-0.25, -0.2) is 4.39 Å². The van der Waals surface area contributed by atoms with Crippen LogP contribution in [-0.4, -0.2) is 48.4 Å². The highest BCUT2D eigenvalue weighted by Crippen LogP contribution is 2.60. The lowest BCUT2D eigenvalue weighted by Crippen LogP contribution is -2.84. The fraction of sp³-hybridized carbons (Fsp3) is 0.391. The predicted octanol–water partition coefficient (Wildman–Crippen LogP) is 3.96.